The monoisotopic (exact) mass is 321 g/mol. The summed E-state index contributed by atoms with van der Waals surface area (Å²) in [5.74, 6) is -0.820. The zero-order valence-corrected chi connectivity index (χ0v) is 12.8. The molecule has 2 aromatic rings. The number of para-hydroxylation sites is 1. The van der Waals surface area contributed by atoms with Crippen molar-refractivity contribution in [2.45, 2.75) is 32.1 Å². The van der Waals surface area contributed by atoms with E-state index >= 15 is 0 Å². The molecule has 1 aliphatic rings. The van der Waals surface area contributed by atoms with Crippen molar-refractivity contribution in [2.24, 2.45) is 0 Å². The molecule has 1 heterocycles. The molecule has 0 spiro atoms. The van der Waals surface area contributed by atoms with Gasteiger partial charge in [-0.15, -0.1) is 11.3 Å². The minimum atomic E-state index is -0.820. The van der Waals surface area contributed by atoms with Gasteiger partial charge in [-0.05, 0) is 37.8 Å². The van der Waals surface area contributed by atoms with Crippen LogP contribution in [0.5, 0.6) is 0 Å². The quantitative estimate of drug-likeness (QED) is 0.673. The molecule has 116 valence electrons. The van der Waals surface area contributed by atoms with E-state index in [9.17, 15) is 14.5 Å². The molecule has 0 aliphatic heterocycles. The van der Waals surface area contributed by atoms with Gasteiger partial charge in [-0.3, -0.25) is 10.1 Å². The van der Waals surface area contributed by atoms with Crippen molar-refractivity contribution in [1.29, 1.82) is 0 Å². The molecule has 1 aromatic heterocycles. The van der Waals surface area contributed by atoms with E-state index in [0.29, 0.717) is 13.0 Å². The Hall–Kier alpha value is -2.02. The van der Waals surface area contributed by atoms with Gasteiger partial charge in [-0.25, -0.2) is 4.98 Å². The summed E-state index contributed by atoms with van der Waals surface area (Å²) in [6.07, 6.45) is 5.27. The highest BCUT2D eigenvalue weighted by molar-refractivity contribution is 7.11. The topological polar surface area (TPSA) is 68.1 Å². The third kappa shape index (κ3) is 3.09. The van der Waals surface area contributed by atoms with Gasteiger partial charge >= 0.3 is 5.69 Å². The summed E-state index contributed by atoms with van der Waals surface area (Å²) >= 11 is 1.73. The Morgan fingerprint density at radius 3 is 2.95 bits per heavy atom. The number of aromatic nitrogens is 1. The van der Waals surface area contributed by atoms with Crippen LogP contribution in [0.25, 0.3) is 0 Å². The lowest BCUT2D eigenvalue weighted by atomic mass is 10.0. The average molecular weight is 321 g/mol. The van der Waals surface area contributed by atoms with E-state index in [-0.39, 0.29) is 5.69 Å². The Labute approximate surface area is 131 Å². The van der Waals surface area contributed by atoms with Crippen LogP contribution < -0.4 is 5.32 Å². The van der Waals surface area contributed by atoms with E-state index in [1.807, 2.05) is 0 Å². The normalized spacial score (nSPS) is 13.7. The second-order valence-corrected chi connectivity index (χ2v) is 6.42. The second kappa shape index (κ2) is 6.39. The molecule has 0 saturated heterocycles. The highest BCUT2D eigenvalue weighted by atomic mass is 32.1. The summed E-state index contributed by atoms with van der Waals surface area (Å²) in [4.78, 5) is 16.2. The fourth-order valence-electron chi connectivity index (χ4n) is 2.66. The summed E-state index contributed by atoms with van der Waals surface area (Å²) in [6.45, 7) is 0.497. The molecule has 5 nitrogen and oxygen atoms in total. The molecule has 22 heavy (non-hydrogen) atoms. The standard InChI is InChI=1S/C15H16FN3O2S/c16-10-4-3-6-12(15(10)19(20)21)17-9-8-14-18-11-5-1-2-7-13(11)22-14/h3-4,6,17H,1-2,5,7-9H2. The van der Waals surface area contributed by atoms with Gasteiger partial charge in [-0.1, -0.05) is 6.07 Å². The van der Waals surface area contributed by atoms with Crippen LogP contribution in [0, 0.1) is 15.9 Å². The number of nitro benzene ring substituents is 1. The first kappa shape index (κ1) is 14.9. The van der Waals surface area contributed by atoms with Crippen LogP contribution in [-0.4, -0.2) is 16.5 Å². The largest absolute Gasteiger partial charge is 0.379 e. The highest BCUT2D eigenvalue weighted by Gasteiger charge is 2.20. The zero-order chi connectivity index (χ0) is 15.5. The Morgan fingerprint density at radius 2 is 2.18 bits per heavy atom. The van der Waals surface area contributed by atoms with E-state index in [2.05, 4.69) is 10.3 Å². The third-order valence-corrected chi connectivity index (χ3v) is 4.93. The predicted molar refractivity (Wildman–Crippen MR) is 84.0 cm³/mol. The van der Waals surface area contributed by atoms with Crippen LogP contribution in [0.15, 0.2) is 18.2 Å². The molecule has 1 aliphatic carbocycles. The molecule has 7 heteroatoms. The van der Waals surface area contributed by atoms with Gasteiger partial charge in [0.25, 0.3) is 0 Å². The lowest BCUT2D eigenvalue weighted by Crippen LogP contribution is -2.07. The Kier molecular flexibility index (Phi) is 4.33. The van der Waals surface area contributed by atoms with Gasteiger partial charge in [0.1, 0.15) is 5.69 Å². The van der Waals surface area contributed by atoms with Gasteiger partial charge in [0.05, 0.1) is 15.6 Å². The van der Waals surface area contributed by atoms with E-state index in [0.717, 1.165) is 23.9 Å². The van der Waals surface area contributed by atoms with Gasteiger partial charge in [0.2, 0.25) is 5.82 Å². The lowest BCUT2D eigenvalue weighted by molar-refractivity contribution is -0.386. The first-order valence-electron chi connectivity index (χ1n) is 7.29. The van der Waals surface area contributed by atoms with E-state index in [1.165, 1.54) is 35.5 Å². The van der Waals surface area contributed by atoms with Crippen LogP contribution >= 0.6 is 11.3 Å². The molecule has 1 N–H and O–H groups in total. The number of anilines is 1. The molecular weight excluding hydrogens is 305 g/mol. The van der Waals surface area contributed by atoms with Gasteiger partial charge in [-0.2, -0.15) is 4.39 Å². The van der Waals surface area contributed by atoms with Crippen molar-refractivity contribution in [3.8, 4) is 0 Å². The molecule has 0 bridgehead atoms. The number of rotatable bonds is 5. The second-order valence-electron chi connectivity index (χ2n) is 5.25. The zero-order valence-electron chi connectivity index (χ0n) is 12.0. The van der Waals surface area contributed by atoms with E-state index in [1.54, 1.807) is 11.3 Å². The molecule has 0 atom stereocenters. The van der Waals surface area contributed by atoms with Gasteiger partial charge in [0.15, 0.2) is 0 Å². The number of nitrogens with zero attached hydrogens (tertiary/aromatic N) is 2. The van der Waals surface area contributed by atoms with Crippen molar-refractivity contribution in [3.63, 3.8) is 0 Å². The molecular formula is C15H16FN3O2S. The van der Waals surface area contributed by atoms with Gasteiger partial charge < -0.3 is 5.32 Å². The maximum atomic E-state index is 13.5. The third-order valence-electron chi connectivity index (χ3n) is 3.71. The lowest BCUT2D eigenvalue weighted by Gasteiger charge is -2.06. The molecule has 0 radical (unpaired) electrons. The first-order valence-corrected chi connectivity index (χ1v) is 8.11. The number of benzene rings is 1. The summed E-state index contributed by atoms with van der Waals surface area (Å²) in [5, 5.41) is 14.9. The minimum Gasteiger partial charge on any atom is -0.379 e. The maximum Gasteiger partial charge on any atom is 0.327 e. The van der Waals surface area contributed by atoms with Crippen molar-refractivity contribution in [2.75, 3.05) is 11.9 Å². The fourth-order valence-corrected chi connectivity index (χ4v) is 3.82. The number of hydrogen-bond donors (Lipinski definition) is 1. The van der Waals surface area contributed by atoms with Crippen molar-refractivity contribution < 1.29 is 9.31 Å². The van der Waals surface area contributed by atoms with Gasteiger partial charge in [0, 0.05) is 17.8 Å². The van der Waals surface area contributed by atoms with Crippen LogP contribution in [0.1, 0.15) is 28.4 Å². The number of fused-ring (bicyclic) bond motifs is 1. The first-order chi connectivity index (χ1) is 10.6. The van der Waals surface area contributed by atoms with Crippen molar-refractivity contribution in [3.05, 3.63) is 49.7 Å². The molecule has 3 rings (SSSR count). The molecule has 0 saturated carbocycles. The SMILES string of the molecule is O=[N+]([O-])c1c(F)cccc1NCCc1nc2c(s1)CCCC2. The maximum absolute atomic E-state index is 13.5. The number of halogens is 1. The predicted octanol–water partition coefficient (Wildman–Crippen LogP) is 3.72. The highest BCUT2D eigenvalue weighted by Crippen LogP contribution is 2.28. The minimum absolute atomic E-state index is 0.214. The summed E-state index contributed by atoms with van der Waals surface area (Å²) < 4.78 is 13.5. The number of nitro groups is 1. The summed E-state index contributed by atoms with van der Waals surface area (Å²) in [5.41, 5.74) is 0.926. The number of hydrogen-bond acceptors (Lipinski definition) is 5. The number of aryl methyl sites for hydroxylation is 2. The number of thiazole rings is 1. The van der Waals surface area contributed by atoms with Crippen LogP contribution in [0.2, 0.25) is 0 Å². The van der Waals surface area contributed by atoms with Crippen LogP contribution in [-0.2, 0) is 19.3 Å². The molecule has 0 unspecified atom stereocenters. The molecule has 0 fully saturated rings. The smallest absolute Gasteiger partial charge is 0.327 e. The Balaban J connectivity index is 1.65. The number of nitrogens with one attached hydrogen (secondary N) is 1. The van der Waals surface area contributed by atoms with Crippen LogP contribution in [0.4, 0.5) is 15.8 Å². The van der Waals surface area contributed by atoms with Crippen molar-refractivity contribution >= 4 is 22.7 Å². The van der Waals surface area contributed by atoms with Crippen LogP contribution in [0.3, 0.4) is 0 Å². The fraction of sp³-hybridized carbons (Fsp3) is 0.400. The van der Waals surface area contributed by atoms with E-state index < -0.39 is 16.4 Å². The summed E-state index contributed by atoms with van der Waals surface area (Å²) in [7, 11) is 0. The van der Waals surface area contributed by atoms with Crippen molar-refractivity contribution in [1.82, 2.24) is 4.98 Å². The molecule has 1 aromatic carbocycles. The average Bonchev–Trinajstić information content (AvgIpc) is 2.89. The summed E-state index contributed by atoms with van der Waals surface area (Å²) in [6, 6.07) is 4.08. The Bertz CT molecular complexity index is 679. The Morgan fingerprint density at radius 1 is 1.36 bits per heavy atom. The molecule has 0 amide bonds. The van der Waals surface area contributed by atoms with E-state index in [4.69, 9.17) is 0 Å².